The lowest BCUT2D eigenvalue weighted by molar-refractivity contribution is -0.126. The number of benzene rings is 1. The Morgan fingerprint density at radius 3 is 2.06 bits per heavy atom. The summed E-state index contributed by atoms with van der Waals surface area (Å²) < 4.78 is 0. The van der Waals surface area contributed by atoms with Gasteiger partial charge in [-0.1, -0.05) is 26.7 Å². The van der Waals surface area contributed by atoms with E-state index in [2.05, 4.69) is 32.0 Å². The Morgan fingerprint density at radius 1 is 1.17 bits per heavy atom. The van der Waals surface area contributed by atoms with Crippen LogP contribution in [0.5, 0.6) is 0 Å². The fourth-order valence-electron chi connectivity index (χ4n) is 2.15. The Balaban J connectivity index is 2.83. The van der Waals surface area contributed by atoms with Gasteiger partial charge in [0.1, 0.15) is 0 Å². The van der Waals surface area contributed by atoms with E-state index in [1.807, 2.05) is 24.3 Å². The topological polar surface area (TPSA) is 29.1 Å². The molecule has 0 aliphatic heterocycles. The van der Waals surface area contributed by atoms with Gasteiger partial charge in [0.15, 0.2) is 0 Å². The van der Waals surface area contributed by atoms with Gasteiger partial charge in [0.2, 0.25) is 5.91 Å². The second kappa shape index (κ2) is 6.26. The Hall–Kier alpha value is -1.75. The van der Waals surface area contributed by atoms with E-state index in [-0.39, 0.29) is 11.3 Å². The highest BCUT2D eigenvalue weighted by Crippen LogP contribution is 2.31. The summed E-state index contributed by atoms with van der Waals surface area (Å²) >= 11 is 0. The third-order valence-corrected chi connectivity index (χ3v) is 3.82. The Labute approximate surface area is 110 Å². The van der Waals surface area contributed by atoms with E-state index in [0.29, 0.717) is 0 Å². The van der Waals surface area contributed by atoms with Gasteiger partial charge >= 0.3 is 0 Å². The summed E-state index contributed by atoms with van der Waals surface area (Å²) in [7, 11) is 0. The van der Waals surface area contributed by atoms with Crippen LogP contribution in [0.25, 0.3) is 0 Å². The smallest absolute Gasteiger partial charge is 0.230 e. The third-order valence-electron chi connectivity index (χ3n) is 3.82. The minimum atomic E-state index is -0.259. The molecule has 0 aromatic heterocycles. The maximum absolute atomic E-state index is 12.3. The van der Waals surface area contributed by atoms with Gasteiger partial charge in [0.05, 0.1) is 0 Å². The van der Waals surface area contributed by atoms with Gasteiger partial charge in [-0.05, 0) is 43.5 Å². The number of carbonyl (C=O) groups excluding carboxylic acids is 1. The van der Waals surface area contributed by atoms with Crippen LogP contribution < -0.4 is 5.32 Å². The van der Waals surface area contributed by atoms with Crippen molar-refractivity contribution in [3.05, 3.63) is 29.8 Å². The van der Waals surface area contributed by atoms with Gasteiger partial charge in [0, 0.05) is 16.7 Å². The van der Waals surface area contributed by atoms with Crippen LogP contribution in [-0.2, 0) is 4.79 Å². The zero-order valence-corrected chi connectivity index (χ0v) is 11.4. The highest BCUT2D eigenvalue weighted by molar-refractivity contribution is 5.95. The van der Waals surface area contributed by atoms with Gasteiger partial charge in [0.25, 0.3) is 0 Å². The van der Waals surface area contributed by atoms with Crippen LogP contribution in [0, 0.1) is 17.8 Å². The van der Waals surface area contributed by atoms with E-state index in [1.165, 1.54) is 0 Å². The molecular formula is C16H21NO. The molecule has 0 radical (unpaired) electrons. The fourth-order valence-corrected chi connectivity index (χ4v) is 2.15. The highest BCUT2D eigenvalue weighted by atomic mass is 16.2. The number of carbonyl (C=O) groups is 1. The monoisotopic (exact) mass is 243 g/mol. The molecule has 18 heavy (non-hydrogen) atoms. The standard InChI is InChI=1S/C16H21NO/c1-5-13-9-11-14(12-10-13)17-15(18)16(6-2,7-3)8-4/h1,9-12H,6-8H2,2-4H3,(H,17,18). The average Bonchev–Trinajstić information content (AvgIpc) is 2.42. The predicted octanol–water partition coefficient (Wildman–Crippen LogP) is 3.82. The molecule has 2 nitrogen and oxygen atoms in total. The van der Waals surface area contributed by atoms with E-state index in [9.17, 15) is 4.79 Å². The maximum atomic E-state index is 12.3. The molecular weight excluding hydrogens is 222 g/mol. The van der Waals surface area contributed by atoms with Crippen LogP contribution >= 0.6 is 0 Å². The number of nitrogens with one attached hydrogen (secondary N) is 1. The lowest BCUT2D eigenvalue weighted by Crippen LogP contribution is -2.34. The van der Waals surface area contributed by atoms with E-state index in [0.717, 1.165) is 30.5 Å². The van der Waals surface area contributed by atoms with Crippen molar-refractivity contribution < 1.29 is 4.79 Å². The average molecular weight is 243 g/mol. The van der Waals surface area contributed by atoms with Gasteiger partial charge in [-0.2, -0.15) is 0 Å². The van der Waals surface area contributed by atoms with Gasteiger partial charge in [-0.25, -0.2) is 0 Å². The molecule has 0 unspecified atom stereocenters. The zero-order chi connectivity index (χ0) is 13.6. The Bertz CT molecular complexity index is 427. The lowest BCUT2D eigenvalue weighted by atomic mass is 9.79. The van der Waals surface area contributed by atoms with Gasteiger partial charge in [-0.15, -0.1) is 6.42 Å². The summed E-state index contributed by atoms with van der Waals surface area (Å²) in [5.41, 5.74) is 1.37. The van der Waals surface area contributed by atoms with Crippen molar-refractivity contribution in [1.82, 2.24) is 0 Å². The molecule has 0 aliphatic carbocycles. The predicted molar refractivity (Wildman–Crippen MR) is 76.3 cm³/mol. The van der Waals surface area contributed by atoms with Crippen molar-refractivity contribution in [3.63, 3.8) is 0 Å². The van der Waals surface area contributed by atoms with Crippen LogP contribution in [0.1, 0.15) is 45.6 Å². The molecule has 1 aromatic rings. The summed E-state index contributed by atoms with van der Waals surface area (Å²) in [5.74, 6) is 2.66. The fraction of sp³-hybridized carbons (Fsp3) is 0.438. The molecule has 0 fully saturated rings. The quantitative estimate of drug-likeness (QED) is 0.782. The molecule has 0 bridgehead atoms. The second-order valence-corrected chi connectivity index (χ2v) is 4.52. The molecule has 0 saturated carbocycles. The summed E-state index contributed by atoms with van der Waals surface area (Å²) in [5, 5.41) is 2.98. The number of amides is 1. The summed E-state index contributed by atoms with van der Waals surface area (Å²) in [6.07, 6.45) is 7.86. The van der Waals surface area contributed by atoms with Gasteiger partial charge < -0.3 is 5.32 Å². The van der Waals surface area contributed by atoms with Crippen LogP contribution in [0.3, 0.4) is 0 Å². The molecule has 0 aliphatic rings. The maximum Gasteiger partial charge on any atom is 0.230 e. The lowest BCUT2D eigenvalue weighted by Gasteiger charge is -2.28. The summed E-state index contributed by atoms with van der Waals surface area (Å²) in [6.45, 7) is 6.19. The number of rotatable bonds is 5. The first-order valence-electron chi connectivity index (χ1n) is 6.50. The molecule has 1 aromatic carbocycles. The van der Waals surface area contributed by atoms with Crippen molar-refractivity contribution >= 4 is 11.6 Å². The molecule has 1 rings (SSSR count). The van der Waals surface area contributed by atoms with Crippen LogP contribution in [-0.4, -0.2) is 5.91 Å². The van der Waals surface area contributed by atoms with Crippen LogP contribution in [0.2, 0.25) is 0 Å². The van der Waals surface area contributed by atoms with Crippen molar-refractivity contribution in [2.45, 2.75) is 40.0 Å². The molecule has 0 spiro atoms. The number of terminal acetylenes is 1. The van der Waals surface area contributed by atoms with Crippen molar-refractivity contribution in [2.75, 3.05) is 5.32 Å². The van der Waals surface area contributed by atoms with Crippen molar-refractivity contribution in [1.29, 1.82) is 0 Å². The van der Waals surface area contributed by atoms with E-state index < -0.39 is 0 Å². The van der Waals surface area contributed by atoms with E-state index >= 15 is 0 Å². The molecule has 0 heterocycles. The van der Waals surface area contributed by atoms with Crippen molar-refractivity contribution in [3.8, 4) is 12.3 Å². The third kappa shape index (κ3) is 2.92. The zero-order valence-electron chi connectivity index (χ0n) is 11.4. The highest BCUT2D eigenvalue weighted by Gasteiger charge is 2.32. The van der Waals surface area contributed by atoms with E-state index in [4.69, 9.17) is 6.42 Å². The Kier molecular flexibility index (Phi) is 4.97. The number of anilines is 1. The summed E-state index contributed by atoms with van der Waals surface area (Å²) in [6, 6.07) is 7.36. The van der Waals surface area contributed by atoms with Crippen molar-refractivity contribution in [2.24, 2.45) is 5.41 Å². The normalized spacial score (nSPS) is 10.8. The SMILES string of the molecule is C#Cc1ccc(NC(=O)C(CC)(CC)CC)cc1. The molecule has 1 amide bonds. The number of hydrogen-bond donors (Lipinski definition) is 1. The van der Waals surface area contributed by atoms with Crippen LogP contribution in [0.4, 0.5) is 5.69 Å². The second-order valence-electron chi connectivity index (χ2n) is 4.52. The minimum Gasteiger partial charge on any atom is -0.326 e. The largest absolute Gasteiger partial charge is 0.326 e. The Morgan fingerprint density at radius 2 is 1.67 bits per heavy atom. The minimum absolute atomic E-state index is 0.100. The summed E-state index contributed by atoms with van der Waals surface area (Å²) in [4.78, 5) is 12.3. The first-order chi connectivity index (χ1) is 8.61. The van der Waals surface area contributed by atoms with E-state index in [1.54, 1.807) is 0 Å². The first-order valence-corrected chi connectivity index (χ1v) is 6.50. The number of hydrogen-bond acceptors (Lipinski definition) is 1. The molecule has 96 valence electrons. The molecule has 2 heteroatoms. The van der Waals surface area contributed by atoms with Crippen LogP contribution in [0.15, 0.2) is 24.3 Å². The first kappa shape index (κ1) is 14.3. The molecule has 0 saturated heterocycles. The molecule has 1 N–H and O–H groups in total. The molecule has 0 atom stereocenters. The van der Waals surface area contributed by atoms with Gasteiger partial charge in [-0.3, -0.25) is 4.79 Å².